The van der Waals surface area contributed by atoms with Crippen molar-refractivity contribution in [3.63, 3.8) is 0 Å². The number of piperidine rings is 1. The van der Waals surface area contributed by atoms with E-state index in [1.165, 1.54) is 16.7 Å². The summed E-state index contributed by atoms with van der Waals surface area (Å²) in [6.45, 7) is 7.26. The zero-order valence-corrected chi connectivity index (χ0v) is 14.4. The Labute approximate surface area is 144 Å². The molecule has 0 bridgehead atoms. The van der Waals surface area contributed by atoms with Crippen LogP contribution in [0, 0.1) is 25.2 Å². The van der Waals surface area contributed by atoms with Crippen LogP contribution in [0.5, 0.6) is 0 Å². The molecule has 2 heterocycles. The summed E-state index contributed by atoms with van der Waals surface area (Å²) in [5.41, 5.74) is 4.68. The molecule has 2 aromatic rings. The van der Waals surface area contributed by atoms with Crippen molar-refractivity contribution in [3.8, 4) is 6.07 Å². The summed E-state index contributed by atoms with van der Waals surface area (Å²) in [7, 11) is 0. The zero-order valence-electron chi connectivity index (χ0n) is 14.4. The summed E-state index contributed by atoms with van der Waals surface area (Å²) in [4.78, 5) is 6.69. The highest BCUT2D eigenvalue weighted by Crippen LogP contribution is 2.18. The van der Waals surface area contributed by atoms with Gasteiger partial charge in [0, 0.05) is 31.9 Å². The lowest BCUT2D eigenvalue weighted by Crippen LogP contribution is -2.42. The molecule has 0 saturated carbocycles. The second-order valence-electron chi connectivity index (χ2n) is 6.58. The number of hydrogen-bond donors (Lipinski definition) is 1. The predicted molar refractivity (Wildman–Crippen MR) is 96.9 cm³/mol. The third-order valence-corrected chi connectivity index (χ3v) is 4.86. The van der Waals surface area contributed by atoms with Gasteiger partial charge in [0.15, 0.2) is 0 Å². The topological polar surface area (TPSA) is 52.0 Å². The van der Waals surface area contributed by atoms with Gasteiger partial charge in [0.2, 0.25) is 0 Å². The molecule has 1 aromatic heterocycles. The Morgan fingerprint density at radius 1 is 1.17 bits per heavy atom. The summed E-state index contributed by atoms with van der Waals surface area (Å²) in [5, 5.41) is 12.5. The van der Waals surface area contributed by atoms with Crippen molar-refractivity contribution in [1.29, 1.82) is 5.26 Å². The molecule has 1 N–H and O–H groups in total. The highest BCUT2D eigenvalue weighted by atomic mass is 15.2. The number of nitrogens with zero attached hydrogens (tertiary/aromatic N) is 3. The van der Waals surface area contributed by atoms with E-state index in [1.807, 2.05) is 12.1 Å². The number of hydrogen-bond acceptors (Lipinski definition) is 4. The number of nitriles is 1. The number of rotatable bonds is 4. The van der Waals surface area contributed by atoms with Crippen LogP contribution < -0.4 is 10.2 Å². The molecular formula is C20H24N4. The molecule has 1 aromatic carbocycles. The van der Waals surface area contributed by atoms with Crippen molar-refractivity contribution in [3.05, 3.63) is 58.8 Å². The van der Waals surface area contributed by atoms with Gasteiger partial charge >= 0.3 is 0 Å². The van der Waals surface area contributed by atoms with Crippen molar-refractivity contribution in [2.75, 3.05) is 18.0 Å². The lowest BCUT2D eigenvalue weighted by Gasteiger charge is -2.33. The first kappa shape index (κ1) is 16.5. The van der Waals surface area contributed by atoms with E-state index in [9.17, 15) is 0 Å². The molecule has 0 spiro atoms. The third kappa shape index (κ3) is 3.93. The average molecular weight is 320 g/mol. The number of anilines is 1. The molecule has 24 heavy (non-hydrogen) atoms. The zero-order chi connectivity index (χ0) is 16.9. The van der Waals surface area contributed by atoms with Crippen LogP contribution in [0.15, 0.2) is 36.5 Å². The number of benzene rings is 1. The summed E-state index contributed by atoms with van der Waals surface area (Å²) in [6.07, 6.45) is 3.89. The Hall–Kier alpha value is -2.38. The monoisotopic (exact) mass is 320 g/mol. The molecule has 1 aliphatic rings. The first-order chi connectivity index (χ1) is 11.7. The molecule has 1 aliphatic heterocycles. The molecule has 0 aliphatic carbocycles. The molecular weight excluding hydrogens is 296 g/mol. The fraction of sp³-hybridized carbons (Fsp3) is 0.400. The van der Waals surface area contributed by atoms with Gasteiger partial charge in [-0.05, 0) is 55.5 Å². The van der Waals surface area contributed by atoms with E-state index >= 15 is 0 Å². The van der Waals surface area contributed by atoms with Crippen LogP contribution in [-0.4, -0.2) is 24.1 Å². The van der Waals surface area contributed by atoms with Gasteiger partial charge in [0.1, 0.15) is 11.9 Å². The lowest BCUT2D eigenvalue weighted by atomic mass is 10.0. The Morgan fingerprint density at radius 3 is 2.58 bits per heavy atom. The van der Waals surface area contributed by atoms with E-state index in [2.05, 4.69) is 53.3 Å². The van der Waals surface area contributed by atoms with Crippen molar-refractivity contribution < 1.29 is 0 Å². The highest BCUT2D eigenvalue weighted by molar-refractivity contribution is 5.42. The van der Waals surface area contributed by atoms with Gasteiger partial charge < -0.3 is 10.2 Å². The smallest absolute Gasteiger partial charge is 0.128 e. The van der Waals surface area contributed by atoms with Crippen molar-refractivity contribution in [2.45, 2.75) is 39.3 Å². The predicted octanol–water partition coefficient (Wildman–Crippen LogP) is 3.33. The van der Waals surface area contributed by atoms with Crippen LogP contribution >= 0.6 is 0 Å². The quantitative estimate of drug-likeness (QED) is 0.939. The van der Waals surface area contributed by atoms with Gasteiger partial charge in [-0.1, -0.05) is 18.2 Å². The molecule has 4 nitrogen and oxygen atoms in total. The van der Waals surface area contributed by atoms with Crippen LogP contribution in [0.1, 0.15) is 35.1 Å². The van der Waals surface area contributed by atoms with Crippen LogP contribution in [0.2, 0.25) is 0 Å². The SMILES string of the molecule is Cc1ccc(CNC2CCN(c3ccc(C#N)cn3)CC2)cc1C. The van der Waals surface area contributed by atoms with Crippen molar-refractivity contribution in [2.24, 2.45) is 0 Å². The Morgan fingerprint density at radius 2 is 1.96 bits per heavy atom. The van der Waals surface area contributed by atoms with Crippen molar-refractivity contribution >= 4 is 5.82 Å². The van der Waals surface area contributed by atoms with Gasteiger partial charge in [0.05, 0.1) is 5.56 Å². The Kier molecular flexibility index (Phi) is 5.12. The minimum atomic E-state index is 0.557. The standard InChI is InChI=1S/C20H24N4/c1-15-3-4-17(11-16(15)2)13-22-19-7-9-24(10-8-19)20-6-5-18(12-21)14-23-20/h3-6,11,14,19,22H,7-10,13H2,1-2H3. The molecule has 0 radical (unpaired) electrons. The number of nitrogens with one attached hydrogen (secondary N) is 1. The molecule has 3 rings (SSSR count). The summed E-state index contributed by atoms with van der Waals surface area (Å²) in [6, 6.07) is 13.1. The highest BCUT2D eigenvalue weighted by Gasteiger charge is 2.19. The molecule has 124 valence electrons. The van der Waals surface area contributed by atoms with Crippen LogP contribution in [0.3, 0.4) is 0 Å². The molecule has 1 fully saturated rings. The molecule has 4 heteroatoms. The fourth-order valence-corrected chi connectivity index (χ4v) is 3.13. The average Bonchev–Trinajstić information content (AvgIpc) is 2.63. The molecule has 0 unspecified atom stereocenters. The van der Waals surface area contributed by atoms with E-state index in [4.69, 9.17) is 5.26 Å². The van der Waals surface area contributed by atoms with Crippen LogP contribution in [0.25, 0.3) is 0 Å². The Bertz CT molecular complexity index is 722. The largest absolute Gasteiger partial charge is 0.357 e. The number of aryl methyl sites for hydroxylation is 2. The van der Waals surface area contributed by atoms with Crippen LogP contribution in [-0.2, 0) is 6.54 Å². The van der Waals surface area contributed by atoms with Crippen molar-refractivity contribution in [1.82, 2.24) is 10.3 Å². The Balaban J connectivity index is 1.49. The summed E-state index contributed by atoms with van der Waals surface area (Å²) >= 11 is 0. The van der Waals surface area contributed by atoms with Gasteiger partial charge in [0.25, 0.3) is 0 Å². The fourth-order valence-electron chi connectivity index (χ4n) is 3.13. The van der Waals surface area contributed by atoms with Gasteiger partial charge in [-0.2, -0.15) is 5.26 Å². The maximum absolute atomic E-state index is 8.85. The van der Waals surface area contributed by atoms with Crippen LogP contribution in [0.4, 0.5) is 5.82 Å². The van der Waals surface area contributed by atoms with E-state index in [1.54, 1.807) is 6.20 Å². The van der Waals surface area contributed by atoms with Gasteiger partial charge in [-0.15, -0.1) is 0 Å². The molecule has 0 atom stereocenters. The maximum atomic E-state index is 8.85. The first-order valence-corrected chi connectivity index (χ1v) is 8.56. The van der Waals surface area contributed by atoms with Gasteiger partial charge in [-0.3, -0.25) is 0 Å². The van der Waals surface area contributed by atoms with Gasteiger partial charge in [-0.25, -0.2) is 4.98 Å². The lowest BCUT2D eigenvalue weighted by molar-refractivity contribution is 0.412. The molecule has 1 saturated heterocycles. The van der Waals surface area contributed by atoms with E-state index < -0.39 is 0 Å². The second kappa shape index (κ2) is 7.46. The first-order valence-electron chi connectivity index (χ1n) is 8.56. The molecule has 0 amide bonds. The van der Waals surface area contributed by atoms with E-state index in [-0.39, 0.29) is 0 Å². The second-order valence-corrected chi connectivity index (χ2v) is 6.58. The van der Waals surface area contributed by atoms with E-state index in [0.29, 0.717) is 11.6 Å². The minimum Gasteiger partial charge on any atom is -0.357 e. The minimum absolute atomic E-state index is 0.557. The maximum Gasteiger partial charge on any atom is 0.128 e. The number of aromatic nitrogens is 1. The summed E-state index contributed by atoms with van der Waals surface area (Å²) in [5.74, 6) is 0.974. The third-order valence-electron chi connectivity index (χ3n) is 4.86. The van der Waals surface area contributed by atoms with E-state index in [0.717, 1.165) is 38.3 Å². The summed E-state index contributed by atoms with van der Waals surface area (Å²) < 4.78 is 0. The normalized spacial score (nSPS) is 15.3. The number of pyridine rings is 1.